The Morgan fingerprint density at radius 1 is 1.32 bits per heavy atom. The fraction of sp³-hybridized carbons (Fsp3) is 0.500. The molecule has 0 radical (unpaired) electrons. The second kappa shape index (κ2) is 8.15. The molecule has 5 nitrogen and oxygen atoms in total. The lowest BCUT2D eigenvalue weighted by atomic mass is 9.96. The summed E-state index contributed by atoms with van der Waals surface area (Å²) in [7, 11) is 0. The average Bonchev–Trinajstić information content (AvgIpc) is 2.91. The SMILES string of the molecule is CC1(C(=O)NCCCN)CCCN1C(=O)c1ccccc1.Cl. The van der Waals surface area contributed by atoms with Crippen molar-refractivity contribution >= 4 is 24.2 Å². The second-order valence-electron chi connectivity index (χ2n) is 5.60. The molecule has 1 aromatic rings. The Kier molecular flexibility index (Phi) is 6.84. The molecule has 0 saturated carbocycles. The first-order valence-electron chi connectivity index (χ1n) is 7.45. The van der Waals surface area contributed by atoms with Gasteiger partial charge in [0, 0.05) is 18.7 Å². The van der Waals surface area contributed by atoms with E-state index < -0.39 is 5.54 Å². The molecule has 2 rings (SSSR count). The number of rotatable bonds is 5. The van der Waals surface area contributed by atoms with Crippen molar-refractivity contribution in [2.45, 2.75) is 31.7 Å². The van der Waals surface area contributed by atoms with Gasteiger partial charge in [-0.3, -0.25) is 9.59 Å². The monoisotopic (exact) mass is 325 g/mol. The van der Waals surface area contributed by atoms with Gasteiger partial charge in [-0.25, -0.2) is 0 Å². The number of likely N-dealkylation sites (tertiary alicyclic amines) is 1. The lowest BCUT2D eigenvalue weighted by Gasteiger charge is -2.34. The fourth-order valence-electron chi connectivity index (χ4n) is 2.76. The Balaban J connectivity index is 0.00000242. The average molecular weight is 326 g/mol. The van der Waals surface area contributed by atoms with Gasteiger partial charge in [-0.05, 0) is 44.9 Å². The lowest BCUT2D eigenvalue weighted by molar-refractivity contribution is -0.129. The third-order valence-electron chi connectivity index (χ3n) is 4.06. The van der Waals surface area contributed by atoms with E-state index in [0.29, 0.717) is 31.6 Å². The predicted octanol–water partition coefficient (Wildman–Crippen LogP) is 1.57. The van der Waals surface area contributed by atoms with Crippen molar-refractivity contribution in [1.82, 2.24) is 10.2 Å². The number of amides is 2. The van der Waals surface area contributed by atoms with E-state index in [1.165, 1.54) is 0 Å². The van der Waals surface area contributed by atoms with Gasteiger partial charge in [-0.1, -0.05) is 18.2 Å². The molecule has 6 heteroatoms. The molecule has 1 aliphatic rings. The molecule has 1 saturated heterocycles. The molecule has 22 heavy (non-hydrogen) atoms. The fourth-order valence-corrected chi connectivity index (χ4v) is 2.76. The molecule has 1 fully saturated rings. The first kappa shape index (κ1) is 18.5. The van der Waals surface area contributed by atoms with Gasteiger partial charge in [0.2, 0.25) is 5.91 Å². The number of halogens is 1. The van der Waals surface area contributed by atoms with Gasteiger partial charge >= 0.3 is 0 Å². The van der Waals surface area contributed by atoms with Crippen LogP contribution in [-0.4, -0.2) is 41.9 Å². The Hall–Kier alpha value is -1.59. The third-order valence-corrected chi connectivity index (χ3v) is 4.06. The maximum atomic E-state index is 12.6. The van der Waals surface area contributed by atoms with E-state index in [9.17, 15) is 9.59 Å². The van der Waals surface area contributed by atoms with Crippen LogP contribution < -0.4 is 11.1 Å². The first-order valence-corrected chi connectivity index (χ1v) is 7.45. The largest absolute Gasteiger partial charge is 0.354 e. The summed E-state index contributed by atoms with van der Waals surface area (Å²) in [6.07, 6.45) is 2.29. The van der Waals surface area contributed by atoms with E-state index >= 15 is 0 Å². The summed E-state index contributed by atoms with van der Waals surface area (Å²) in [6.45, 7) is 3.56. The minimum atomic E-state index is -0.762. The van der Waals surface area contributed by atoms with Crippen LogP contribution in [0.3, 0.4) is 0 Å². The van der Waals surface area contributed by atoms with Crippen LogP contribution in [0.15, 0.2) is 30.3 Å². The standard InChI is InChI=1S/C16H23N3O2.ClH/c1-16(15(21)18-11-6-10-17)9-5-12-19(16)14(20)13-7-3-2-4-8-13;/h2-4,7-8H,5-6,9-12,17H2,1H3,(H,18,21);1H. The zero-order chi connectivity index (χ0) is 15.3. The van der Waals surface area contributed by atoms with Crippen LogP contribution in [0, 0.1) is 0 Å². The lowest BCUT2D eigenvalue weighted by Crippen LogP contribution is -2.55. The maximum Gasteiger partial charge on any atom is 0.254 e. The van der Waals surface area contributed by atoms with E-state index in [-0.39, 0.29) is 24.2 Å². The van der Waals surface area contributed by atoms with Crippen molar-refractivity contribution in [1.29, 1.82) is 0 Å². The predicted molar refractivity (Wildman–Crippen MR) is 89.0 cm³/mol. The maximum absolute atomic E-state index is 12.6. The van der Waals surface area contributed by atoms with Crippen molar-refractivity contribution < 1.29 is 9.59 Å². The highest BCUT2D eigenvalue weighted by molar-refractivity contribution is 5.99. The number of nitrogens with one attached hydrogen (secondary N) is 1. The zero-order valence-corrected chi connectivity index (χ0v) is 13.7. The van der Waals surface area contributed by atoms with Gasteiger partial charge in [-0.15, -0.1) is 12.4 Å². The molecule has 122 valence electrons. The summed E-state index contributed by atoms with van der Waals surface area (Å²) in [6, 6.07) is 9.12. The summed E-state index contributed by atoms with van der Waals surface area (Å²) < 4.78 is 0. The Morgan fingerprint density at radius 3 is 2.64 bits per heavy atom. The smallest absolute Gasteiger partial charge is 0.254 e. The number of nitrogens with two attached hydrogens (primary N) is 1. The third kappa shape index (κ3) is 3.78. The number of benzene rings is 1. The molecule has 0 spiro atoms. The van der Waals surface area contributed by atoms with Crippen LogP contribution >= 0.6 is 12.4 Å². The summed E-state index contributed by atoms with van der Waals surface area (Å²) >= 11 is 0. The number of nitrogens with zero attached hydrogens (tertiary/aromatic N) is 1. The normalized spacial score (nSPS) is 20.4. The molecular weight excluding hydrogens is 302 g/mol. The molecule has 1 unspecified atom stereocenters. The van der Waals surface area contributed by atoms with E-state index in [1.807, 2.05) is 25.1 Å². The summed E-state index contributed by atoms with van der Waals surface area (Å²) in [4.78, 5) is 26.8. The van der Waals surface area contributed by atoms with Crippen LogP contribution in [0.25, 0.3) is 0 Å². The van der Waals surface area contributed by atoms with Gasteiger partial charge in [0.25, 0.3) is 5.91 Å². The van der Waals surface area contributed by atoms with E-state index in [1.54, 1.807) is 17.0 Å². The van der Waals surface area contributed by atoms with Crippen molar-refractivity contribution in [3.8, 4) is 0 Å². The van der Waals surface area contributed by atoms with Gasteiger partial charge in [-0.2, -0.15) is 0 Å². The molecular formula is C16H24ClN3O2. The number of carbonyl (C=O) groups is 2. The molecule has 1 aromatic carbocycles. The van der Waals surface area contributed by atoms with Crippen molar-refractivity contribution in [3.05, 3.63) is 35.9 Å². The number of hydrogen-bond donors (Lipinski definition) is 2. The molecule has 1 atom stereocenters. The van der Waals surface area contributed by atoms with E-state index in [4.69, 9.17) is 5.73 Å². The topological polar surface area (TPSA) is 75.4 Å². The number of carbonyl (C=O) groups excluding carboxylic acids is 2. The van der Waals surface area contributed by atoms with Crippen molar-refractivity contribution in [2.24, 2.45) is 5.73 Å². The van der Waals surface area contributed by atoms with Gasteiger partial charge in [0.05, 0.1) is 0 Å². The molecule has 0 bridgehead atoms. The van der Waals surface area contributed by atoms with Crippen LogP contribution in [0.4, 0.5) is 0 Å². The van der Waals surface area contributed by atoms with Gasteiger partial charge < -0.3 is 16.0 Å². The van der Waals surface area contributed by atoms with Gasteiger partial charge in [0.1, 0.15) is 5.54 Å². The highest BCUT2D eigenvalue weighted by Crippen LogP contribution is 2.30. The molecule has 0 aromatic heterocycles. The molecule has 3 N–H and O–H groups in total. The highest BCUT2D eigenvalue weighted by Gasteiger charge is 2.45. The Bertz CT molecular complexity index is 509. The summed E-state index contributed by atoms with van der Waals surface area (Å²) in [5.74, 6) is -0.165. The van der Waals surface area contributed by atoms with E-state index in [2.05, 4.69) is 5.32 Å². The van der Waals surface area contributed by atoms with Crippen molar-refractivity contribution in [3.63, 3.8) is 0 Å². The van der Waals surface area contributed by atoms with E-state index in [0.717, 1.165) is 12.8 Å². The minimum absolute atomic E-state index is 0. The summed E-state index contributed by atoms with van der Waals surface area (Å²) in [5.41, 5.74) is 5.30. The quantitative estimate of drug-likeness (QED) is 0.807. The Morgan fingerprint density at radius 2 is 2.00 bits per heavy atom. The molecule has 1 aliphatic heterocycles. The van der Waals surface area contributed by atoms with Crippen LogP contribution in [0.2, 0.25) is 0 Å². The second-order valence-corrected chi connectivity index (χ2v) is 5.60. The van der Waals surface area contributed by atoms with Crippen LogP contribution in [-0.2, 0) is 4.79 Å². The Labute approximate surface area is 137 Å². The molecule has 1 heterocycles. The minimum Gasteiger partial charge on any atom is -0.354 e. The molecule has 2 amide bonds. The highest BCUT2D eigenvalue weighted by atomic mass is 35.5. The molecule has 0 aliphatic carbocycles. The van der Waals surface area contributed by atoms with Gasteiger partial charge in [0.15, 0.2) is 0 Å². The first-order chi connectivity index (χ1) is 10.1. The van der Waals surface area contributed by atoms with Crippen LogP contribution in [0.5, 0.6) is 0 Å². The van der Waals surface area contributed by atoms with Crippen LogP contribution in [0.1, 0.15) is 36.5 Å². The van der Waals surface area contributed by atoms with Crippen molar-refractivity contribution in [2.75, 3.05) is 19.6 Å². The number of hydrogen-bond acceptors (Lipinski definition) is 3. The summed E-state index contributed by atoms with van der Waals surface area (Å²) in [5, 5.41) is 2.89. The zero-order valence-electron chi connectivity index (χ0n) is 12.9.